The molecule has 0 aliphatic carbocycles. The molecule has 0 aromatic heterocycles. The lowest BCUT2D eigenvalue weighted by Gasteiger charge is -2.14. The molecule has 1 aromatic rings. The molecule has 0 radical (unpaired) electrons. The van der Waals surface area contributed by atoms with Crippen LogP contribution in [0.4, 0.5) is 0 Å². The van der Waals surface area contributed by atoms with Gasteiger partial charge < -0.3 is 10.5 Å². The van der Waals surface area contributed by atoms with Gasteiger partial charge in [-0.3, -0.25) is 0 Å². The summed E-state index contributed by atoms with van der Waals surface area (Å²) >= 11 is 0. The highest BCUT2D eigenvalue weighted by Crippen LogP contribution is 2.25. The third kappa shape index (κ3) is 3.70. The summed E-state index contributed by atoms with van der Waals surface area (Å²) in [5, 5.41) is 0. The summed E-state index contributed by atoms with van der Waals surface area (Å²) in [4.78, 5) is 0. The third-order valence-corrected chi connectivity index (χ3v) is 2.47. The number of allylic oxidation sites excluding steroid dienone is 1. The van der Waals surface area contributed by atoms with Crippen molar-refractivity contribution in [2.24, 2.45) is 5.73 Å². The molecule has 2 heteroatoms. The van der Waals surface area contributed by atoms with Crippen LogP contribution in [0.25, 0.3) is 0 Å². The SMILES string of the molecule is C=CCCCOc1ccc(C)cc1C(C)N. The molecule has 0 amide bonds. The zero-order valence-corrected chi connectivity index (χ0v) is 10.2. The summed E-state index contributed by atoms with van der Waals surface area (Å²) < 4.78 is 5.73. The van der Waals surface area contributed by atoms with Gasteiger partial charge in [0.15, 0.2) is 0 Å². The molecule has 0 saturated heterocycles. The molecular formula is C14H21NO. The molecular weight excluding hydrogens is 198 g/mol. The molecule has 0 bridgehead atoms. The van der Waals surface area contributed by atoms with Gasteiger partial charge in [0, 0.05) is 11.6 Å². The summed E-state index contributed by atoms with van der Waals surface area (Å²) in [5.74, 6) is 0.907. The van der Waals surface area contributed by atoms with E-state index in [0.29, 0.717) is 0 Å². The molecule has 16 heavy (non-hydrogen) atoms. The van der Waals surface area contributed by atoms with Crippen molar-refractivity contribution in [3.8, 4) is 5.75 Å². The quantitative estimate of drug-likeness (QED) is 0.588. The monoisotopic (exact) mass is 219 g/mol. The van der Waals surface area contributed by atoms with Gasteiger partial charge >= 0.3 is 0 Å². The predicted octanol–water partition coefficient (Wildman–Crippen LogP) is 3.36. The molecule has 0 saturated carbocycles. The van der Waals surface area contributed by atoms with Crippen molar-refractivity contribution in [1.29, 1.82) is 0 Å². The number of hydrogen-bond acceptors (Lipinski definition) is 2. The van der Waals surface area contributed by atoms with Gasteiger partial charge in [0.25, 0.3) is 0 Å². The Morgan fingerprint density at radius 3 is 2.88 bits per heavy atom. The second kappa shape index (κ2) is 6.33. The van der Waals surface area contributed by atoms with Gasteiger partial charge in [-0.05, 0) is 32.8 Å². The van der Waals surface area contributed by atoms with E-state index in [9.17, 15) is 0 Å². The van der Waals surface area contributed by atoms with Crippen LogP contribution in [-0.2, 0) is 0 Å². The molecule has 1 rings (SSSR count). The Morgan fingerprint density at radius 1 is 1.50 bits per heavy atom. The molecule has 0 aliphatic heterocycles. The van der Waals surface area contributed by atoms with E-state index in [0.717, 1.165) is 30.8 Å². The second-order valence-corrected chi connectivity index (χ2v) is 4.11. The van der Waals surface area contributed by atoms with E-state index >= 15 is 0 Å². The summed E-state index contributed by atoms with van der Waals surface area (Å²) in [6.07, 6.45) is 3.89. The van der Waals surface area contributed by atoms with Crippen LogP contribution in [0.3, 0.4) is 0 Å². The molecule has 1 unspecified atom stereocenters. The molecule has 1 aromatic carbocycles. The van der Waals surface area contributed by atoms with Gasteiger partial charge in [-0.2, -0.15) is 0 Å². The summed E-state index contributed by atoms with van der Waals surface area (Å²) in [6.45, 7) is 8.44. The largest absolute Gasteiger partial charge is 0.493 e. The average molecular weight is 219 g/mol. The maximum absolute atomic E-state index is 5.92. The van der Waals surface area contributed by atoms with Gasteiger partial charge in [0.2, 0.25) is 0 Å². The summed E-state index contributed by atoms with van der Waals surface area (Å²) in [7, 11) is 0. The maximum atomic E-state index is 5.92. The Hall–Kier alpha value is -1.28. The zero-order valence-electron chi connectivity index (χ0n) is 10.2. The molecule has 0 spiro atoms. The van der Waals surface area contributed by atoms with Crippen LogP contribution in [0.5, 0.6) is 5.75 Å². The highest BCUT2D eigenvalue weighted by Gasteiger charge is 2.07. The normalized spacial score (nSPS) is 12.2. The van der Waals surface area contributed by atoms with E-state index in [2.05, 4.69) is 25.6 Å². The predicted molar refractivity (Wildman–Crippen MR) is 68.7 cm³/mol. The molecule has 0 heterocycles. The fourth-order valence-electron chi connectivity index (χ4n) is 1.56. The number of ether oxygens (including phenoxy) is 1. The summed E-state index contributed by atoms with van der Waals surface area (Å²) in [6, 6.07) is 6.15. The first kappa shape index (κ1) is 12.8. The van der Waals surface area contributed by atoms with E-state index in [-0.39, 0.29) is 6.04 Å². The van der Waals surface area contributed by atoms with Gasteiger partial charge in [0.1, 0.15) is 5.75 Å². The average Bonchev–Trinajstić information content (AvgIpc) is 2.26. The van der Waals surface area contributed by atoms with Crippen molar-refractivity contribution in [2.45, 2.75) is 32.7 Å². The van der Waals surface area contributed by atoms with Crippen LogP contribution in [-0.4, -0.2) is 6.61 Å². The Balaban J connectivity index is 2.67. The highest BCUT2D eigenvalue weighted by molar-refractivity contribution is 5.38. The fraction of sp³-hybridized carbons (Fsp3) is 0.429. The van der Waals surface area contributed by atoms with E-state index in [1.165, 1.54) is 5.56 Å². The fourth-order valence-corrected chi connectivity index (χ4v) is 1.56. The lowest BCUT2D eigenvalue weighted by Crippen LogP contribution is -2.09. The Bertz CT molecular complexity index is 345. The number of benzene rings is 1. The number of hydrogen-bond donors (Lipinski definition) is 1. The van der Waals surface area contributed by atoms with E-state index < -0.39 is 0 Å². The van der Waals surface area contributed by atoms with Gasteiger partial charge in [0.05, 0.1) is 6.61 Å². The van der Waals surface area contributed by atoms with E-state index in [1.54, 1.807) is 0 Å². The Labute approximate surface area is 98.1 Å². The van der Waals surface area contributed by atoms with Gasteiger partial charge in [-0.1, -0.05) is 23.8 Å². The highest BCUT2D eigenvalue weighted by atomic mass is 16.5. The van der Waals surface area contributed by atoms with Crippen LogP contribution in [0.1, 0.15) is 36.9 Å². The first-order valence-electron chi connectivity index (χ1n) is 5.75. The standard InChI is InChI=1S/C14H21NO/c1-4-5-6-9-16-14-8-7-11(2)10-13(14)12(3)15/h4,7-8,10,12H,1,5-6,9,15H2,2-3H3. The number of nitrogens with two attached hydrogens (primary N) is 1. The van der Waals surface area contributed by atoms with Gasteiger partial charge in [-0.15, -0.1) is 6.58 Å². The number of unbranched alkanes of at least 4 members (excludes halogenated alkanes) is 1. The van der Waals surface area contributed by atoms with Crippen LogP contribution < -0.4 is 10.5 Å². The Morgan fingerprint density at radius 2 is 2.25 bits per heavy atom. The smallest absolute Gasteiger partial charge is 0.124 e. The van der Waals surface area contributed by atoms with Crippen molar-refractivity contribution in [1.82, 2.24) is 0 Å². The van der Waals surface area contributed by atoms with Crippen molar-refractivity contribution in [2.75, 3.05) is 6.61 Å². The number of aryl methyl sites for hydroxylation is 1. The minimum Gasteiger partial charge on any atom is -0.493 e. The van der Waals surface area contributed by atoms with Crippen LogP contribution in [0, 0.1) is 6.92 Å². The maximum Gasteiger partial charge on any atom is 0.124 e. The first-order valence-corrected chi connectivity index (χ1v) is 5.75. The third-order valence-electron chi connectivity index (χ3n) is 2.47. The lowest BCUT2D eigenvalue weighted by atomic mass is 10.1. The van der Waals surface area contributed by atoms with Crippen molar-refractivity contribution < 1.29 is 4.74 Å². The van der Waals surface area contributed by atoms with Crippen LogP contribution in [0.2, 0.25) is 0 Å². The second-order valence-electron chi connectivity index (χ2n) is 4.11. The topological polar surface area (TPSA) is 35.2 Å². The van der Waals surface area contributed by atoms with Crippen LogP contribution in [0.15, 0.2) is 30.9 Å². The number of rotatable bonds is 6. The van der Waals surface area contributed by atoms with Crippen molar-refractivity contribution >= 4 is 0 Å². The van der Waals surface area contributed by atoms with Crippen LogP contribution >= 0.6 is 0 Å². The minimum atomic E-state index is 0.00862. The summed E-state index contributed by atoms with van der Waals surface area (Å²) in [5.41, 5.74) is 8.21. The van der Waals surface area contributed by atoms with E-state index in [4.69, 9.17) is 10.5 Å². The molecule has 0 fully saturated rings. The van der Waals surface area contributed by atoms with E-state index in [1.807, 2.05) is 19.1 Å². The zero-order chi connectivity index (χ0) is 12.0. The minimum absolute atomic E-state index is 0.00862. The molecule has 1 atom stereocenters. The molecule has 2 nitrogen and oxygen atoms in total. The molecule has 0 aliphatic rings. The van der Waals surface area contributed by atoms with Gasteiger partial charge in [-0.25, -0.2) is 0 Å². The van der Waals surface area contributed by atoms with Crippen molar-refractivity contribution in [3.05, 3.63) is 42.0 Å². The molecule has 2 N–H and O–H groups in total. The lowest BCUT2D eigenvalue weighted by molar-refractivity contribution is 0.307. The van der Waals surface area contributed by atoms with Crippen molar-refractivity contribution in [3.63, 3.8) is 0 Å². The molecule has 88 valence electrons. The first-order chi connectivity index (χ1) is 7.65. The Kier molecular flexibility index (Phi) is 5.06.